The Balaban J connectivity index is 1.41. The highest BCUT2D eigenvalue weighted by molar-refractivity contribution is 7.21. The molecule has 0 radical (unpaired) electrons. The Bertz CT molecular complexity index is 1200. The summed E-state index contributed by atoms with van der Waals surface area (Å²) in [6.07, 6.45) is 2.92. The van der Waals surface area contributed by atoms with Crippen molar-refractivity contribution in [2.75, 3.05) is 20.1 Å². The molecule has 5 rings (SSSR count). The second kappa shape index (κ2) is 7.58. The van der Waals surface area contributed by atoms with Crippen molar-refractivity contribution in [1.82, 2.24) is 15.2 Å². The molecule has 0 unspecified atom stereocenters. The van der Waals surface area contributed by atoms with E-state index in [1.807, 2.05) is 18.3 Å². The van der Waals surface area contributed by atoms with Crippen LogP contribution in [0.15, 0.2) is 60.8 Å². The van der Waals surface area contributed by atoms with Crippen molar-refractivity contribution >= 4 is 38.2 Å². The Kier molecular flexibility index (Phi) is 4.78. The van der Waals surface area contributed by atoms with Gasteiger partial charge in [-0.2, -0.15) is 0 Å². The Morgan fingerprint density at radius 2 is 2.10 bits per heavy atom. The van der Waals surface area contributed by atoms with Gasteiger partial charge in [-0.25, -0.2) is 0 Å². The van der Waals surface area contributed by atoms with Gasteiger partial charge in [0, 0.05) is 42.3 Å². The molecule has 2 aromatic heterocycles. The second-order valence-corrected chi connectivity index (χ2v) is 8.72. The number of benzene rings is 2. The summed E-state index contributed by atoms with van der Waals surface area (Å²) in [7, 11) is 1.71. The molecule has 0 spiro atoms. The standard InChI is InChI=1S/C24H23N3OS/c1-25-24(28)23-22(19-6-2-3-7-21(19)29-23)18-10-12-27(15-18)14-16-8-9-20-17(13-16)5-4-11-26-20/h2-9,11,13,18H,10,12,14-15H2,1H3,(H,25,28)/t18-/m1/s1. The first-order valence-corrected chi connectivity index (χ1v) is 10.8. The number of fused-ring (bicyclic) bond motifs is 2. The van der Waals surface area contributed by atoms with Crippen LogP contribution in [0.3, 0.4) is 0 Å². The fourth-order valence-corrected chi connectivity index (χ4v) is 5.68. The molecule has 4 nitrogen and oxygen atoms in total. The Morgan fingerprint density at radius 3 is 3.00 bits per heavy atom. The number of amides is 1. The van der Waals surface area contributed by atoms with Gasteiger partial charge in [0.2, 0.25) is 0 Å². The lowest BCUT2D eigenvalue weighted by Crippen LogP contribution is -2.21. The minimum absolute atomic E-state index is 0.0293. The van der Waals surface area contributed by atoms with Crippen LogP contribution in [0.2, 0.25) is 0 Å². The zero-order valence-corrected chi connectivity index (χ0v) is 17.2. The summed E-state index contributed by atoms with van der Waals surface area (Å²) in [4.78, 5) is 20.3. The van der Waals surface area contributed by atoms with Gasteiger partial charge in [0.1, 0.15) is 0 Å². The summed E-state index contributed by atoms with van der Waals surface area (Å²) in [6, 6.07) is 19.0. The van der Waals surface area contributed by atoms with Crippen molar-refractivity contribution < 1.29 is 4.79 Å². The van der Waals surface area contributed by atoms with E-state index in [-0.39, 0.29) is 5.91 Å². The quantitative estimate of drug-likeness (QED) is 0.534. The number of pyridine rings is 1. The number of aromatic nitrogens is 1. The van der Waals surface area contributed by atoms with E-state index >= 15 is 0 Å². The van der Waals surface area contributed by atoms with E-state index in [2.05, 4.69) is 57.7 Å². The van der Waals surface area contributed by atoms with E-state index in [9.17, 15) is 4.79 Å². The van der Waals surface area contributed by atoms with Crippen molar-refractivity contribution in [3.63, 3.8) is 0 Å². The van der Waals surface area contributed by atoms with Crippen LogP contribution in [-0.2, 0) is 6.54 Å². The molecule has 0 bridgehead atoms. The topological polar surface area (TPSA) is 45.2 Å². The van der Waals surface area contributed by atoms with Crippen molar-refractivity contribution in [1.29, 1.82) is 0 Å². The van der Waals surface area contributed by atoms with E-state index in [0.717, 1.165) is 36.4 Å². The molecule has 146 valence electrons. The van der Waals surface area contributed by atoms with Gasteiger partial charge in [-0.3, -0.25) is 14.7 Å². The third-order valence-electron chi connectivity index (χ3n) is 5.82. The van der Waals surface area contributed by atoms with Crippen molar-refractivity contribution in [2.24, 2.45) is 0 Å². The lowest BCUT2D eigenvalue weighted by atomic mass is 9.95. The van der Waals surface area contributed by atoms with Gasteiger partial charge < -0.3 is 5.32 Å². The summed E-state index contributed by atoms with van der Waals surface area (Å²) < 4.78 is 1.20. The largest absolute Gasteiger partial charge is 0.354 e. The first-order valence-electron chi connectivity index (χ1n) is 10.0. The fraction of sp³-hybridized carbons (Fsp3) is 0.250. The van der Waals surface area contributed by atoms with E-state index in [4.69, 9.17) is 0 Å². The number of hydrogen-bond acceptors (Lipinski definition) is 4. The highest BCUT2D eigenvalue weighted by Crippen LogP contribution is 2.40. The number of thiophene rings is 1. The van der Waals surface area contributed by atoms with Gasteiger partial charge in [0.05, 0.1) is 10.4 Å². The average Bonchev–Trinajstić information content (AvgIpc) is 3.37. The molecule has 0 aliphatic carbocycles. The summed E-state index contributed by atoms with van der Waals surface area (Å²) in [5.41, 5.74) is 3.58. The number of nitrogens with one attached hydrogen (secondary N) is 1. The van der Waals surface area contributed by atoms with Crippen LogP contribution in [0.25, 0.3) is 21.0 Å². The predicted molar refractivity (Wildman–Crippen MR) is 120 cm³/mol. The Labute approximate surface area is 174 Å². The number of hydrogen-bond donors (Lipinski definition) is 1. The molecular weight excluding hydrogens is 378 g/mol. The highest BCUT2D eigenvalue weighted by Gasteiger charge is 2.30. The van der Waals surface area contributed by atoms with Crippen LogP contribution in [0.1, 0.15) is 33.1 Å². The Hall–Kier alpha value is -2.76. The van der Waals surface area contributed by atoms with E-state index < -0.39 is 0 Å². The van der Waals surface area contributed by atoms with E-state index in [1.54, 1.807) is 18.4 Å². The van der Waals surface area contributed by atoms with Crippen molar-refractivity contribution in [3.8, 4) is 0 Å². The third-order valence-corrected chi connectivity index (χ3v) is 7.01. The molecule has 29 heavy (non-hydrogen) atoms. The van der Waals surface area contributed by atoms with Gasteiger partial charge >= 0.3 is 0 Å². The normalized spacial score (nSPS) is 17.2. The van der Waals surface area contributed by atoms with Crippen LogP contribution in [0, 0.1) is 0 Å². The number of carbonyl (C=O) groups excluding carboxylic acids is 1. The molecule has 5 heteroatoms. The van der Waals surface area contributed by atoms with E-state index in [0.29, 0.717) is 5.92 Å². The predicted octanol–water partition coefficient (Wildman–Crippen LogP) is 4.80. The summed E-state index contributed by atoms with van der Waals surface area (Å²) >= 11 is 1.61. The van der Waals surface area contributed by atoms with Crippen LogP contribution in [0.5, 0.6) is 0 Å². The third kappa shape index (κ3) is 3.41. The molecule has 1 fully saturated rings. The van der Waals surface area contributed by atoms with Crippen molar-refractivity contribution in [2.45, 2.75) is 18.9 Å². The lowest BCUT2D eigenvalue weighted by Gasteiger charge is -2.17. The maximum Gasteiger partial charge on any atom is 0.261 e. The maximum atomic E-state index is 12.5. The van der Waals surface area contributed by atoms with Crippen LogP contribution in [-0.4, -0.2) is 35.9 Å². The monoisotopic (exact) mass is 401 g/mol. The SMILES string of the molecule is CNC(=O)c1sc2ccccc2c1[C@@H]1CCN(Cc2ccc3ncccc3c2)C1. The Morgan fingerprint density at radius 1 is 1.21 bits per heavy atom. The molecule has 2 aromatic carbocycles. The van der Waals surface area contributed by atoms with Crippen molar-refractivity contribution in [3.05, 3.63) is 76.8 Å². The summed E-state index contributed by atoms with van der Waals surface area (Å²) in [5, 5.41) is 5.25. The zero-order chi connectivity index (χ0) is 19.8. The molecule has 1 N–H and O–H groups in total. The molecule has 1 aliphatic heterocycles. The summed E-state index contributed by atoms with van der Waals surface area (Å²) in [6.45, 7) is 2.96. The van der Waals surface area contributed by atoms with Crippen LogP contribution >= 0.6 is 11.3 Å². The van der Waals surface area contributed by atoms with Gasteiger partial charge in [0.15, 0.2) is 0 Å². The van der Waals surface area contributed by atoms with Crippen LogP contribution < -0.4 is 5.32 Å². The lowest BCUT2D eigenvalue weighted by molar-refractivity contribution is 0.0966. The fourth-order valence-electron chi connectivity index (χ4n) is 4.45. The first kappa shape index (κ1) is 18.3. The van der Waals surface area contributed by atoms with Gasteiger partial charge in [-0.1, -0.05) is 30.3 Å². The number of nitrogens with zero attached hydrogens (tertiary/aromatic N) is 2. The minimum atomic E-state index is 0.0293. The van der Waals surface area contributed by atoms with Crippen LogP contribution in [0.4, 0.5) is 0 Å². The minimum Gasteiger partial charge on any atom is -0.354 e. The highest BCUT2D eigenvalue weighted by atomic mass is 32.1. The molecule has 0 saturated carbocycles. The molecular formula is C24H23N3OS. The first-order chi connectivity index (χ1) is 14.2. The number of rotatable bonds is 4. The van der Waals surface area contributed by atoms with Gasteiger partial charge in [-0.15, -0.1) is 11.3 Å². The van der Waals surface area contributed by atoms with E-state index in [1.165, 1.54) is 26.6 Å². The maximum absolute atomic E-state index is 12.5. The molecule has 1 saturated heterocycles. The number of likely N-dealkylation sites (tertiary alicyclic amines) is 1. The molecule has 1 aliphatic rings. The zero-order valence-electron chi connectivity index (χ0n) is 16.4. The number of carbonyl (C=O) groups is 1. The second-order valence-electron chi connectivity index (χ2n) is 7.67. The van der Waals surface area contributed by atoms with Gasteiger partial charge in [-0.05, 0) is 53.7 Å². The smallest absolute Gasteiger partial charge is 0.261 e. The molecule has 1 amide bonds. The van der Waals surface area contributed by atoms with Gasteiger partial charge in [0.25, 0.3) is 5.91 Å². The molecule has 1 atom stereocenters. The molecule has 4 aromatic rings. The molecule has 3 heterocycles. The average molecular weight is 402 g/mol. The summed E-state index contributed by atoms with van der Waals surface area (Å²) in [5.74, 6) is 0.419.